The second kappa shape index (κ2) is 7.90. The van der Waals surface area contributed by atoms with E-state index in [4.69, 9.17) is 18.6 Å². The van der Waals surface area contributed by atoms with Gasteiger partial charge in [0.25, 0.3) is 0 Å². The number of anilines is 1. The first-order valence-corrected chi connectivity index (χ1v) is 9.25. The number of esters is 1. The molecule has 146 valence electrons. The molecule has 1 aliphatic rings. The van der Waals surface area contributed by atoms with Gasteiger partial charge in [0, 0.05) is 18.1 Å². The number of nitrogens with zero attached hydrogens (tertiary/aromatic N) is 2. The topological polar surface area (TPSA) is 74.0 Å². The van der Waals surface area contributed by atoms with E-state index < -0.39 is 5.97 Å². The van der Waals surface area contributed by atoms with Crippen molar-refractivity contribution in [1.29, 1.82) is 0 Å². The monoisotopic (exact) mass is 382 g/mol. The third-order valence-corrected chi connectivity index (χ3v) is 4.79. The number of methoxy groups -OCH3 is 1. The Labute approximate surface area is 162 Å². The molecular formula is C21H22N2O5. The molecule has 1 unspecified atom stereocenters. The summed E-state index contributed by atoms with van der Waals surface area (Å²) in [4.78, 5) is 19.2. The highest BCUT2D eigenvalue weighted by Crippen LogP contribution is 2.35. The maximum atomic E-state index is 12.6. The smallest absolute Gasteiger partial charge is 0.341 e. The number of rotatable bonds is 5. The molecule has 1 aromatic carbocycles. The molecule has 2 aromatic heterocycles. The summed E-state index contributed by atoms with van der Waals surface area (Å²) in [5, 5.41) is 0.838. The largest absolute Gasteiger partial charge is 0.497 e. The third-order valence-electron chi connectivity index (χ3n) is 4.79. The van der Waals surface area contributed by atoms with Crippen molar-refractivity contribution in [2.75, 3.05) is 38.3 Å². The molecule has 28 heavy (non-hydrogen) atoms. The molecule has 3 aromatic rings. The second-order valence-corrected chi connectivity index (χ2v) is 6.44. The summed E-state index contributed by atoms with van der Waals surface area (Å²) in [6, 6.07) is 9.38. The number of benzene rings is 1. The molecule has 4 rings (SSSR count). The molecular weight excluding hydrogens is 360 g/mol. The van der Waals surface area contributed by atoms with E-state index in [1.54, 1.807) is 26.5 Å². The fourth-order valence-corrected chi connectivity index (χ4v) is 3.48. The van der Waals surface area contributed by atoms with E-state index in [2.05, 4.69) is 9.88 Å². The van der Waals surface area contributed by atoms with Crippen LogP contribution in [0.1, 0.15) is 29.1 Å². The van der Waals surface area contributed by atoms with Crippen LogP contribution < -0.4 is 9.64 Å². The van der Waals surface area contributed by atoms with Gasteiger partial charge in [-0.2, -0.15) is 0 Å². The molecule has 0 aliphatic carbocycles. The van der Waals surface area contributed by atoms with Crippen LogP contribution in [0, 0.1) is 0 Å². The minimum Gasteiger partial charge on any atom is -0.497 e. The Morgan fingerprint density at radius 3 is 3.00 bits per heavy atom. The lowest BCUT2D eigenvalue weighted by Gasteiger charge is -2.35. The molecule has 0 bridgehead atoms. The van der Waals surface area contributed by atoms with Crippen LogP contribution in [0.25, 0.3) is 10.9 Å². The molecule has 1 fully saturated rings. The highest BCUT2D eigenvalue weighted by Gasteiger charge is 2.29. The molecule has 7 nitrogen and oxygen atoms in total. The van der Waals surface area contributed by atoms with E-state index in [1.165, 1.54) is 0 Å². The Hall–Kier alpha value is -3.06. The number of pyridine rings is 1. The van der Waals surface area contributed by atoms with Crippen LogP contribution in [-0.4, -0.2) is 44.4 Å². The quantitative estimate of drug-likeness (QED) is 0.624. The highest BCUT2D eigenvalue weighted by atomic mass is 16.5. The van der Waals surface area contributed by atoms with Crippen LogP contribution in [0.3, 0.4) is 0 Å². The van der Waals surface area contributed by atoms with Crippen molar-refractivity contribution in [3.63, 3.8) is 0 Å². The van der Waals surface area contributed by atoms with Crippen LogP contribution in [0.4, 0.5) is 5.69 Å². The molecule has 1 saturated heterocycles. The molecule has 0 N–H and O–H groups in total. The highest BCUT2D eigenvalue weighted by molar-refractivity contribution is 6.05. The lowest BCUT2D eigenvalue weighted by atomic mass is 10.1. The Morgan fingerprint density at radius 2 is 2.25 bits per heavy atom. The van der Waals surface area contributed by atoms with Crippen LogP contribution >= 0.6 is 0 Å². The summed E-state index contributed by atoms with van der Waals surface area (Å²) in [6.07, 6.45) is 3.00. The van der Waals surface area contributed by atoms with Crippen molar-refractivity contribution in [2.24, 2.45) is 0 Å². The van der Waals surface area contributed by atoms with E-state index in [-0.39, 0.29) is 6.10 Å². The number of ether oxygens (including phenoxy) is 3. The van der Waals surface area contributed by atoms with Gasteiger partial charge < -0.3 is 23.5 Å². The van der Waals surface area contributed by atoms with Gasteiger partial charge in [0.15, 0.2) is 0 Å². The number of aromatic nitrogens is 1. The van der Waals surface area contributed by atoms with Crippen molar-refractivity contribution in [3.05, 3.63) is 54.1 Å². The standard InChI is InChI=1S/C21H22N2O5/c1-3-26-21(24)16-12-22-17-7-6-14(25-2)11-15(17)20(16)23-8-10-28-19(13-23)18-5-4-9-27-18/h4-7,9,11-12,19H,3,8,10,13H2,1-2H3. The number of morpholine rings is 1. The number of furan rings is 1. The summed E-state index contributed by atoms with van der Waals surface area (Å²) in [6.45, 7) is 3.79. The predicted molar refractivity (Wildman–Crippen MR) is 104 cm³/mol. The van der Waals surface area contributed by atoms with Gasteiger partial charge >= 0.3 is 5.97 Å². The predicted octanol–water partition coefficient (Wildman–Crippen LogP) is 3.59. The van der Waals surface area contributed by atoms with Gasteiger partial charge in [-0.1, -0.05) is 0 Å². The van der Waals surface area contributed by atoms with Gasteiger partial charge in [0.2, 0.25) is 0 Å². The molecule has 3 heterocycles. The van der Waals surface area contributed by atoms with Crippen molar-refractivity contribution >= 4 is 22.6 Å². The average Bonchev–Trinajstić information content (AvgIpc) is 3.27. The first kappa shape index (κ1) is 18.3. The van der Waals surface area contributed by atoms with Gasteiger partial charge in [-0.3, -0.25) is 4.98 Å². The lowest BCUT2D eigenvalue weighted by molar-refractivity contribution is 0.0256. The maximum absolute atomic E-state index is 12.6. The Balaban J connectivity index is 1.82. The van der Waals surface area contributed by atoms with Crippen LogP contribution in [0.2, 0.25) is 0 Å². The maximum Gasteiger partial charge on any atom is 0.341 e. The zero-order chi connectivity index (χ0) is 19.5. The molecule has 1 atom stereocenters. The third kappa shape index (κ3) is 3.41. The fraction of sp³-hybridized carbons (Fsp3) is 0.333. The molecule has 0 spiro atoms. The number of carbonyl (C=O) groups is 1. The molecule has 0 saturated carbocycles. The van der Waals surface area contributed by atoms with Crippen molar-refractivity contribution in [3.8, 4) is 5.75 Å². The van der Waals surface area contributed by atoms with Gasteiger partial charge in [-0.15, -0.1) is 0 Å². The van der Waals surface area contributed by atoms with E-state index in [9.17, 15) is 4.79 Å². The normalized spacial score (nSPS) is 16.9. The minimum absolute atomic E-state index is 0.215. The number of hydrogen-bond acceptors (Lipinski definition) is 7. The fourth-order valence-electron chi connectivity index (χ4n) is 3.48. The van der Waals surface area contributed by atoms with Crippen LogP contribution in [0.5, 0.6) is 5.75 Å². The molecule has 7 heteroatoms. The molecule has 0 amide bonds. The van der Waals surface area contributed by atoms with E-state index in [0.29, 0.717) is 37.6 Å². The van der Waals surface area contributed by atoms with Gasteiger partial charge in [-0.05, 0) is 37.3 Å². The van der Waals surface area contributed by atoms with Gasteiger partial charge in [0.05, 0.1) is 44.3 Å². The molecule has 0 radical (unpaired) electrons. The summed E-state index contributed by atoms with van der Waals surface area (Å²) in [5.74, 6) is 1.07. The van der Waals surface area contributed by atoms with Gasteiger partial charge in [-0.25, -0.2) is 4.79 Å². The van der Waals surface area contributed by atoms with Crippen molar-refractivity contribution in [2.45, 2.75) is 13.0 Å². The summed E-state index contributed by atoms with van der Waals surface area (Å²) >= 11 is 0. The Kier molecular flexibility index (Phi) is 5.16. The lowest BCUT2D eigenvalue weighted by Crippen LogP contribution is -2.39. The van der Waals surface area contributed by atoms with Crippen molar-refractivity contribution in [1.82, 2.24) is 4.98 Å². The second-order valence-electron chi connectivity index (χ2n) is 6.44. The van der Waals surface area contributed by atoms with Crippen molar-refractivity contribution < 1.29 is 23.4 Å². The summed E-state index contributed by atoms with van der Waals surface area (Å²) < 4.78 is 22.1. The average molecular weight is 382 g/mol. The van der Waals surface area contributed by atoms with Crippen LogP contribution in [-0.2, 0) is 9.47 Å². The Bertz CT molecular complexity index is 970. The number of hydrogen-bond donors (Lipinski definition) is 0. The van der Waals surface area contributed by atoms with E-state index >= 15 is 0 Å². The zero-order valence-electron chi connectivity index (χ0n) is 15.9. The first-order chi connectivity index (χ1) is 13.7. The number of carbonyl (C=O) groups excluding carboxylic acids is 1. The first-order valence-electron chi connectivity index (χ1n) is 9.25. The molecule has 1 aliphatic heterocycles. The Morgan fingerprint density at radius 1 is 1.36 bits per heavy atom. The van der Waals surface area contributed by atoms with Gasteiger partial charge in [0.1, 0.15) is 23.2 Å². The summed E-state index contributed by atoms with van der Waals surface area (Å²) in [5.41, 5.74) is 2.00. The van der Waals surface area contributed by atoms with Crippen LogP contribution in [0.15, 0.2) is 47.2 Å². The number of fused-ring (bicyclic) bond motifs is 1. The minimum atomic E-state index is -0.393. The zero-order valence-corrected chi connectivity index (χ0v) is 15.9. The van der Waals surface area contributed by atoms with E-state index in [1.807, 2.05) is 30.3 Å². The van der Waals surface area contributed by atoms with E-state index in [0.717, 1.165) is 22.4 Å². The summed E-state index contributed by atoms with van der Waals surface area (Å²) in [7, 11) is 1.62. The SMILES string of the molecule is CCOC(=O)c1cnc2ccc(OC)cc2c1N1CCOC(c2ccco2)C1.